The molecule has 5 nitrogen and oxygen atoms in total. The Bertz CT molecular complexity index is 1090. The Morgan fingerprint density at radius 3 is 2.46 bits per heavy atom. The average Bonchev–Trinajstić information content (AvgIpc) is 3.08. The number of nitrogens with zero attached hydrogens (tertiary/aromatic N) is 2. The lowest BCUT2D eigenvalue weighted by Gasteiger charge is -2.09. The lowest BCUT2D eigenvalue weighted by molar-refractivity contribution is 0.100. The SMILES string of the molecule is NC(=O)c1ccc(Nc2ncnc3scc(-c4ccc(Cl)cc4)c23)cc1. The van der Waals surface area contributed by atoms with Crippen LogP contribution < -0.4 is 11.1 Å². The minimum Gasteiger partial charge on any atom is -0.366 e. The third-order valence-electron chi connectivity index (χ3n) is 3.96. The van der Waals surface area contributed by atoms with Gasteiger partial charge in [-0.2, -0.15) is 0 Å². The highest BCUT2D eigenvalue weighted by atomic mass is 35.5. The minimum absolute atomic E-state index is 0.455. The molecule has 2 heterocycles. The number of fused-ring (bicyclic) bond motifs is 1. The Balaban J connectivity index is 1.76. The van der Waals surface area contributed by atoms with Crippen LogP contribution in [-0.2, 0) is 0 Å². The van der Waals surface area contributed by atoms with Gasteiger partial charge in [0.15, 0.2) is 0 Å². The van der Waals surface area contributed by atoms with Crippen molar-refractivity contribution in [2.24, 2.45) is 5.73 Å². The summed E-state index contributed by atoms with van der Waals surface area (Å²) in [6.45, 7) is 0. The summed E-state index contributed by atoms with van der Waals surface area (Å²) in [7, 11) is 0. The first-order chi connectivity index (χ1) is 12.6. The van der Waals surface area contributed by atoms with Gasteiger partial charge in [0.25, 0.3) is 0 Å². The Labute approximate surface area is 158 Å². The van der Waals surface area contributed by atoms with Gasteiger partial charge in [0, 0.05) is 27.2 Å². The van der Waals surface area contributed by atoms with E-state index in [1.165, 1.54) is 6.33 Å². The molecular formula is C19H13ClN4OS. The van der Waals surface area contributed by atoms with Crippen molar-refractivity contribution in [1.29, 1.82) is 0 Å². The largest absolute Gasteiger partial charge is 0.366 e. The molecule has 0 aliphatic rings. The van der Waals surface area contributed by atoms with E-state index in [2.05, 4.69) is 20.7 Å². The quantitative estimate of drug-likeness (QED) is 0.530. The van der Waals surface area contributed by atoms with Crippen LogP contribution in [-0.4, -0.2) is 15.9 Å². The van der Waals surface area contributed by atoms with Crippen molar-refractivity contribution in [2.45, 2.75) is 0 Å². The van der Waals surface area contributed by atoms with Crippen molar-refractivity contribution in [1.82, 2.24) is 9.97 Å². The maximum atomic E-state index is 11.2. The summed E-state index contributed by atoms with van der Waals surface area (Å²) in [4.78, 5) is 20.9. The van der Waals surface area contributed by atoms with Gasteiger partial charge < -0.3 is 11.1 Å². The molecule has 3 N–H and O–H groups in total. The molecule has 1 amide bonds. The zero-order chi connectivity index (χ0) is 18.1. The summed E-state index contributed by atoms with van der Waals surface area (Å²) in [5.41, 5.74) is 8.64. The fourth-order valence-electron chi connectivity index (χ4n) is 2.67. The number of benzene rings is 2. The van der Waals surface area contributed by atoms with E-state index in [1.807, 2.05) is 24.3 Å². The number of amides is 1. The maximum absolute atomic E-state index is 11.2. The molecule has 0 aliphatic heterocycles. The van der Waals surface area contributed by atoms with E-state index in [4.69, 9.17) is 17.3 Å². The van der Waals surface area contributed by atoms with Crippen LogP contribution in [0.4, 0.5) is 11.5 Å². The smallest absolute Gasteiger partial charge is 0.248 e. The average molecular weight is 381 g/mol. The number of hydrogen-bond acceptors (Lipinski definition) is 5. The lowest BCUT2D eigenvalue weighted by atomic mass is 10.1. The van der Waals surface area contributed by atoms with E-state index in [1.54, 1.807) is 35.6 Å². The first-order valence-electron chi connectivity index (χ1n) is 7.77. The lowest BCUT2D eigenvalue weighted by Crippen LogP contribution is -2.10. The molecule has 0 bridgehead atoms. The highest BCUT2D eigenvalue weighted by Gasteiger charge is 2.13. The monoisotopic (exact) mass is 380 g/mol. The van der Waals surface area contributed by atoms with Gasteiger partial charge in [-0.15, -0.1) is 11.3 Å². The van der Waals surface area contributed by atoms with Gasteiger partial charge in [0.2, 0.25) is 5.91 Å². The maximum Gasteiger partial charge on any atom is 0.248 e. The van der Waals surface area contributed by atoms with Crippen LogP contribution in [0.25, 0.3) is 21.3 Å². The second-order valence-corrected chi connectivity index (χ2v) is 6.92. The number of hydrogen-bond donors (Lipinski definition) is 2. The Kier molecular flexibility index (Phi) is 4.28. The van der Waals surface area contributed by atoms with Crippen molar-refractivity contribution >= 4 is 50.6 Å². The number of carbonyl (C=O) groups is 1. The Morgan fingerprint density at radius 2 is 1.77 bits per heavy atom. The van der Waals surface area contributed by atoms with E-state index in [0.717, 1.165) is 27.0 Å². The number of aromatic nitrogens is 2. The van der Waals surface area contributed by atoms with Crippen LogP contribution in [0.2, 0.25) is 5.02 Å². The summed E-state index contributed by atoms with van der Waals surface area (Å²) in [6, 6.07) is 14.6. The second kappa shape index (κ2) is 6.74. The minimum atomic E-state index is -0.455. The van der Waals surface area contributed by atoms with E-state index in [-0.39, 0.29) is 0 Å². The number of nitrogens with two attached hydrogens (primary N) is 1. The summed E-state index contributed by atoms with van der Waals surface area (Å²) < 4.78 is 0. The van der Waals surface area contributed by atoms with Gasteiger partial charge in [0.05, 0.1) is 5.39 Å². The predicted molar refractivity (Wildman–Crippen MR) is 106 cm³/mol. The van der Waals surface area contributed by atoms with Gasteiger partial charge in [-0.25, -0.2) is 9.97 Å². The molecule has 2 aromatic carbocycles. The van der Waals surface area contributed by atoms with Gasteiger partial charge in [-0.05, 0) is 42.0 Å². The number of primary amides is 1. The van der Waals surface area contributed by atoms with Gasteiger partial charge in [-0.1, -0.05) is 23.7 Å². The molecule has 0 atom stereocenters. The van der Waals surface area contributed by atoms with Crippen molar-refractivity contribution < 1.29 is 4.79 Å². The fraction of sp³-hybridized carbons (Fsp3) is 0. The number of thiophene rings is 1. The van der Waals surface area contributed by atoms with Crippen molar-refractivity contribution in [3.8, 4) is 11.1 Å². The van der Waals surface area contributed by atoms with E-state index in [9.17, 15) is 4.79 Å². The number of anilines is 2. The predicted octanol–water partition coefficient (Wildman–Crippen LogP) is 4.85. The summed E-state index contributed by atoms with van der Waals surface area (Å²) in [5, 5.41) is 6.99. The van der Waals surface area contributed by atoms with E-state index >= 15 is 0 Å². The highest BCUT2D eigenvalue weighted by Crippen LogP contribution is 2.37. The normalized spacial score (nSPS) is 10.8. The molecule has 0 aliphatic carbocycles. The molecule has 128 valence electrons. The zero-order valence-electron chi connectivity index (χ0n) is 13.4. The molecule has 0 fully saturated rings. The number of nitrogens with one attached hydrogen (secondary N) is 1. The molecule has 4 rings (SSSR count). The molecule has 7 heteroatoms. The summed E-state index contributed by atoms with van der Waals surface area (Å²) >= 11 is 7.56. The Morgan fingerprint density at radius 1 is 1.04 bits per heavy atom. The molecule has 0 saturated heterocycles. The van der Waals surface area contributed by atoms with Gasteiger partial charge in [-0.3, -0.25) is 4.79 Å². The van der Waals surface area contributed by atoms with Crippen LogP contribution in [0.3, 0.4) is 0 Å². The van der Waals surface area contributed by atoms with Crippen LogP contribution >= 0.6 is 22.9 Å². The van der Waals surface area contributed by atoms with Crippen LogP contribution in [0.15, 0.2) is 60.2 Å². The first kappa shape index (κ1) is 16.5. The third kappa shape index (κ3) is 3.12. The molecular weight excluding hydrogens is 368 g/mol. The summed E-state index contributed by atoms with van der Waals surface area (Å²) in [5.74, 6) is 0.247. The molecule has 0 radical (unpaired) electrons. The second-order valence-electron chi connectivity index (χ2n) is 5.63. The third-order valence-corrected chi connectivity index (χ3v) is 5.10. The molecule has 0 unspecified atom stereocenters. The van der Waals surface area contributed by atoms with Crippen LogP contribution in [0.1, 0.15) is 10.4 Å². The number of rotatable bonds is 4. The van der Waals surface area contributed by atoms with Crippen molar-refractivity contribution in [3.63, 3.8) is 0 Å². The first-order valence-corrected chi connectivity index (χ1v) is 9.02. The highest BCUT2D eigenvalue weighted by molar-refractivity contribution is 7.17. The topological polar surface area (TPSA) is 80.9 Å². The van der Waals surface area contributed by atoms with Crippen molar-refractivity contribution in [2.75, 3.05) is 5.32 Å². The molecule has 0 saturated carbocycles. The standard InChI is InChI=1S/C19H13ClN4OS/c20-13-5-1-11(2-6-13)15-9-26-19-16(15)18(22-10-23-19)24-14-7-3-12(4-8-14)17(21)25/h1-10H,(H2,21,25)(H,22,23,24). The molecule has 0 spiro atoms. The van der Waals surface area contributed by atoms with Crippen LogP contribution in [0.5, 0.6) is 0 Å². The Hall–Kier alpha value is -2.96. The van der Waals surface area contributed by atoms with Crippen LogP contribution in [0, 0.1) is 0 Å². The van der Waals surface area contributed by atoms with Gasteiger partial charge in [0.1, 0.15) is 17.0 Å². The van der Waals surface area contributed by atoms with E-state index in [0.29, 0.717) is 16.4 Å². The van der Waals surface area contributed by atoms with Crippen molar-refractivity contribution in [3.05, 3.63) is 70.8 Å². The number of halogens is 1. The molecule has 4 aromatic rings. The van der Waals surface area contributed by atoms with E-state index < -0.39 is 5.91 Å². The zero-order valence-corrected chi connectivity index (χ0v) is 15.0. The molecule has 26 heavy (non-hydrogen) atoms. The van der Waals surface area contributed by atoms with Gasteiger partial charge >= 0.3 is 0 Å². The summed E-state index contributed by atoms with van der Waals surface area (Å²) in [6.07, 6.45) is 1.53. The fourth-order valence-corrected chi connectivity index (χ4v) is 3.71. The number of carbonyl (C=O) groups excluding carboxylic acids is 1. The molecule has 2 aromatic heterocycles.